The SMILES string of the molecule is Cn1nc(C(C)(C)C)c(-c2ccc(F)cc2)c1N. The van der Waals surface area contributed by atoms with E-state index in [1.807, 2.05) is 7.05 Å². The molecule has 1 heterocycles. The summed E-state index contributed by atoms with van der Waals surface area (Å²) < 4.78 is 14.7. The third-order valence-electron chi connectivity index (χ3n) is 2.93. The second-order valence-electron chi connectivity index (χ2n) is 5.49. The smallest absolute Gasteiger partial charge is 0.129 e. The van der Waals surface area contributed by atoms with E-state index in [0.29, 0.717) is 5.82 Å². The van der Waals surface area contributed by atoms with Crippen LogP contribution in [-0.2, 0) is 12.5 Å². The number of anilines is 1. The van der Waals surface area contributed by atoms with Crippen molar-refractivity contribution in [3.8, 4) is 11.1 Å². The van der Waals surface area contributed by atoms with E-state index >= 15 is 0 Å². The first kappa shape index (κ1) is 12.6. The van der Waals surface area contributed by atoms with Gasteiger partial charge in [0.15, 0.2) is 0 Å². The summed E-state index contributed by atoms with van der Waals surface area (Å²) in [5.74, 6) is 0.352. The zero-order valence-corrected chi connectivity index (χ0v) is 11.2. The van der Waals surface area contributed by atoms with E-state index in [4.69, 9.17) is 5.73 Å². The molecule has 0 aliphatic heterocycles. The Morgan fingerprint density at radius 1 is 1.17 bits per heavy atom. The number of nitrogens with two attached hydrogens (primary N) is 1. The zero-order valence-electron chi connectivity index (χ0n) is 11.2. The minimum Gasteiger partial charge on any atom is -0.383 e. The van der Waals surface area contributed by atoms with E-state index < -0.39 is 0 Å². The highest BCUT2D eigenvalue weighted by molar-refractivity contribution is 5.77. The van der Waals surface area contributed by atoms with Gasteiger partial charge in [-0.05, 0) is 17.7 Å². The quantitative estimate of drug-likeness (QED) is 0.841. The van der Waals surface area contributed by atoms with Crippen molar-refractivity contribution in [1.82, 2.24) is 9.78 Å². The molecule has 0 spiro atoms. The molecular formula is C14H18FN3. The third-order valence-corrected chi connectivity index (χ3v) is 2.93. The predicted octanol–water partition coefficient (Wildman–Crippen LogP) is 3.11. The van der Waals surface area contributed by atoms with Gasteiger partial charge in [0.2, 0.25) is 0 Å². The highest BCUT2D eigenvalue weighted by Gasteiger charge is 2.25. The highest BCUT2D eigenvalue weighted by atomic mass is 19.1. The van der Waals surface area contributed by atoms with Crippen LogP contribution in [0.15, 0.2) is 24.3 Å². The Morgan fingerprint density at radius 3 is 2.22 bits per heavy atom. The molecule has 0 fully saturated rings. The van der Waals surface area contributed by atoms with Crippen molar-refractivity contribution in [3.05, 3.63) is 35.8 Å². The van der Waals surface area contributed by atoms with Crippen molar-refractivity contribution in [3.63, 3.8) is 0 Å². The van der Waals surface area contributed by atoms with Crippen LogP contribution in [0.2, 0.25) is 0 Å². The average Bonchev–Trinajstić information content (AvgIpc) is 2.57. The second-order valence-corrected chi connectivity index (χ2v) is 5.49. The van der Waals surface area contributed by atoms with E-state index in [0.717, 1.165) is 16.8 Å². The van der Waals surface area contributed by atoms with Gasteiger partial charge in [-0.3, -0.25) is 4.68 Å². The van der Waals surface area contributed by atoms with Crippen molar-refractivity contribution < 1.29 is 4.39 Å². The van der Waals surface area contributed by atoms with E-state index in [-0.39, 0.29) is 11.2 Å². The lowest BCUT2D eigenvalue weighted by molar-refractivity contribution is 0.555. The standard InChI is InChI=1S/C14H18FN3/c1-14(2,3)12-11(13(16)18(4)17-12)9-5-7-10(15)8-6-9/h5-8H,16H2,1-4H3. The molecule has 0 atom stereocenters. The Hall–Kier alpha value is -1.84. The largest absolute Gasteiger partial charge is 0.383 e. The molecule has 0 unspecified atom stereocenters. The summed E-state index contributed by atoms with van der Waals surface area (Å²) in [6.45, 7) is 6.26. The highest BCUT2D eigenvalue weighted by Crippen LogP contribution is 2.36. The van der Waals surface area contributed by atoms with Gasteiger partial charge in [0.05, 0.1) is 5.69 Å². The third kappa shape index (κ3) is 2.10. The van der Waals surface area contributed by atoms with Crippen molar-refractivity contribution in [1.29, 1.82) is 0 Å². The summed E-state index contributed by atoms with van der Waals surface area (Å²) >= 11 is 0. The first-order valence-electron chi connectivity index (χ1n) is 5.89. The molecule has 0 aliphatic rings. The fourth-order valence-electron chi connectivity index (χ4n) is 1.96. The Kier molecular flexibility index (Phi) is 2.89. The van der Waals surface area contributed by atoms with Crippen LogP contribution in [0.3, 0.4) is 0 Å². The fraction of sp³-hybridized carbons (Fsp3) is 0.357. The van der Waals surface area contributed by atoms with E-state index in [1.54, 1.807) is 16.8 Å². The van der Waals surface area contributed by atoms with Crippen LogP contribution in [0.1, 0.15) is 26.5 Å². The minimum absolute atomic E-state index is 0.112. The normalized spacial score (nSPS) is 11.8. The first-order chi connectivity index (χ1) is 8.30. The number of rotatable bonds is 1. The molecule has 2 aromatic rings. The van der Waals surface area contributed by atoms with Crippen molar-refractivity contribution >= 4 is 5.82 Å². The molecule has 4 heteroatoms. The van der Waals surface area contributed by atoms with Crippen LogP contribution in [-0.4, -0.2) is 9.78 Å². The van der Waals surface area contributed by atoms with Gasteiger partial charge in [-0.15, -0.1) is 0 Å². The van der Waals surface area contributed by atoms with Crippen LogP contribution in [0.5, 0.6) is 0 Å². The Bertz CT molecular complexity index is 562. The lowest BCUT2D eigenvalue weighted by Gasteiger charge is -2.17. The van der Waals surface area contributed by atoms with Crippen molar-refractivity contribution in [2.24, 2.45) is 7.05 Å². The number of benzene rings is 1. The molecule has 0 amide bonds. The van der Waals surface area contributed by atoms with E-state index in [1.165, 1.54) is 12.1 Å². The predicted molar refractivity (Wildman–Crippen MR) is 71.7 cm³/mol. The number of halogens is 1. The Balaban J connectivity index is 2.66. The van der Waals surface area contributed by atoms with Crippen LogP contribution in [0.25, 0.3) is 11.1 Å². The summed E-state index contributed by atoms with van der Waals surface area (Å²) in [4.78, 5) is 0. The van der Waals surface area contributed by atoms with Crippen molar-refractivity contribution in [2.45, 2.75) is 26.2 Å². The van der Waals surface area contributed by atoms with Gasteiger partial charge in [0, 0.05) is 18.0 Å². The molecule has 0 bridgehead atoms. The molecule has 96 valence electrons. The maximum absolute atomic E-state index is 13.0. The number of nitrogen functional groups attached to an aromatic ring is 1. The summed E-state index contributed by atoms with van der Waals surface area (Å²) in [6, 6.07) is 6.35. The number of hydrogen-bond donors (Lipinski definition) is 1. The van der Waals surface area contributed by atoms with Crippen LogP contribution in [0, 0.1) is 5.82 Å². The summed E-state index contributed by atoms with van der Waals surface area (Å²) in [7, 11) is 1.82. The van der Waals surface area contributed by atoms with Gasteiger partial charge < -0.3 is 5.73 Å². The molecule has 2 rings (SSSR count). The number of hydrogen-bond acceptors (Lipinski definition) is 2. The maximum Gasteiger partial charge on any atom is 0.129 e. The van der Waals surface area contributed by atoms with E-state index in [9.17, 15) is 4.39 Å². The van der Waals surface area contributed by atoms with Gasteiger partial charge in [-0.1, -0.05) is 32.9 Å². The molecule has 0 saturated carbocycles. The monoisotopic (exact) mass is 247 g/mol. The minimum atomic E-state index is -0.251. The second kappa shape index (κ2) is 4.12. The summed E-state index contributed by atoms with van der Waals surface area (Å²) in [5.41, 5.74) is 8.68. The molecule has 1 aromatic carbocycles. The Labute approximate surface area is 106 Å². The fourth-order valence-corrected chi connectivity index (χ4v) is 1.96. The molecule has 1 aromatic heterocycles. The van der Waals surface area contributed by atoms with Gasteiger partial charge in [0.25, 0.3) is 0 Å². The van der Waals surface area contributed by atoms with Crippen molar-refractivity contribution in [2.75, 3.05) is 5.73 Å². The van der Waals surface area contributed by atoms with E-state index in [2.05, 4.69) is 25.9 Å². The average molecular weight is 247 g/mol. The molecule has 3 nitrogen and oxygen atoms in total. The van der Waals surface area contributed by atoms with Crippen LogP contribution in [0.4, 0.5) is 10.2 Å². The molecule has 18 heavy (non-hydrogen) atoms. The van der Waals surface area contributed by atoms with Crippen LogP contribution < -0.4 is 5.73 Å². The lowest BCUT2D eigenvalue weighted by Crippen LogP contribution is -2.13. The number of aromatic nitrogens is 2. The van der Waals surface area contributed by atoms with Gasteiger partial charge in [-0.25, -0.2) is 4.39 Å². The summed E-state index contributed by atoms with van der Waals surface area (Å²) in [6.07, 6.45) is 0. The molecule has 0 aliphatic carbocycles. The topological polar surface area (TPSA) is 43.8 Å². The van der Waals surface area contributed by atoms with Gasteiger partial charge in [0.1, 0.15) is 11.6 Å². The van der Waals surface area contributed by atoms with Gasteiger partial charge >= 0.3 is 0 Å². The number of nitrogens with zero attached hydrogens (tertiary/aromatic N) is 2. The molecule has 0 saturated heterocycles. The Morgan fingerprint density at radius 2 is 1.72 bits per heavy atom. The maximum atomic E-state index is 13.0. The van der Waals surface area contributed by atoms with Gasteiger partial charge in [-0.2, -0.15) is 5.10 Å². The lowest BCUT2D eigenvalue weighted by atomic mass is 9.87. The summed E-state index contributed by atoms with van der Waals surface area (Å²) in [5, 5.41) is 4.48. The first-order valence-corrected chi connectivity index (χ1v) is 5.89. The number of aryl methyl sites for hydroxylation is 1. The zero-order chi connectivity index (χ0) is 13.5. The molecule has 2 N–H and O–H groups in total. The molecule has 0 radical (unpaired) electrons. The molecular weight excluding hydrogens is 229 g/mol. The van der Waals surface area contributed by atoms with Crippen LogP contribution >= 0.6 is 0 Å².